The van der Waals surface area contributed by atoms with E-state index in [2.05, 4.69) is 6.92 Å². The highest BCUT2D eigenvalue weighted by atomic mass is 35.5. The first-order valence-electron chi connectivity index (χ1n) is 15.9. The predicted octanol–water partition coefficient (Wildman–Crippen LogP) is 10.7. The highest BCUT2D eigenvalue weighted by Gasteiger charge is 2.21. The summed E-state index contributed by atoms with van der Waals surface area (Å²) in [6, 6.07) is 19.9. The molecule has 6 heteroatoms. The Kier molecular flexibility index (Phi) is 15.2. The van der Waals surface area contributed by atoms with Crippen LogP contribution < -0.4 is 9.47 Å². The van der Waals surface area contributed by atoms with E-state index < -0.39 is 11.9 Å². The van der Waals surface area contributed by atoms with Gasteiger partial charge in [-0.25, -0.2) is 9.59 Å². The summed E-state index contributed by atoms with van der Waals surface area (Å²) in [5.74, 6) is -0.0430. The Balaban J connectivity index is 1.46. The Morgan fingerprint density at radius 1 is 0.721 bits per heavy atom. The van der Waals surface area contributed by atoms with Gasteiger partial charge in [0, 0.05) is 0 Å². The van der Waals surface area contributed by atoms with Gasteiger partial charge in [-0.15, -0.1) is 0 Å². The minimum atomic E-state index is -0.611. The highest BCUT2D eigenvalue weighted by Crippen LogP contribution is 2.29. The first-order chi connectivity index (χ1) is 20.9. The largest absolute Gasteiger partial charge is 0.494 e. The van der Waals surface area contributed by atoms with E-state index in [0.29, 0.717) is 5.56 Å². The summed E-state index contributed by atoms with van der Waals surface area (Å²) in [4.78, 5) is 25.6. The molecular weight excluding hydrogens is 560 g/mol. The zero-order chi connectivity index (χ0) is 30.9. The zero-order valence-corrected chi connectivity index (χ0v) is 26.8. The average molecular weight is 607 g/mol. The van der Waals surface area contributed by atoms with Crippen molar-refractivity contribution in [2.75, 3.05) is 13.2 Å². The summed E-state index contributed by atoms with van der Waals surface area (Å²) in [6.07, 6.45) is 13.9. The van der Waals surface area contributed by atoms with Gasteiger partial charge in [0.05, 0.1) is 23.8 Å². The van der Waals surface area contributed by atoms with Crippen LogP contribution in [0.1, 0.15) is 112 Å². The van der Waals surface area contributed by atoms with E-state index in [9.17, 15) is 9.59 Å². The van der Waals surface area contributed by atoms with Crippen molar-refractivity contribution in [3.8, 4) is 22.6 Å². The normalized spacial score (nSPS) is 11.6. The molecule has 0 N–H and O–H groups in total. The van der Waals surface area contributed by atoms with Crippen LogP contribution in [-0.2, 0) is 4.74 Å². The van der Waals surface area contributed by atoms with E-state index in [4.69, 9.17) is 25.8 Å². The molecule has 0 spiro atoms. The SMILES string of the molecule is CCCCCCCCCCCCOc1ccc(-c2ccc(C(=O)Oc3cccc(Cl)c3C(=O)OC[C@@H](C)CC)cc2)cc1. The van der Waals surface area contributed by atoms with Gasteiger partial charge in [0.1, 0.15) is 17.1 Å². The molecule has 0 fully saturated rings. The fraction of sp³-hybridized carbons (Fsp3) is 0.459. The number of unbranched alkanes of at least 4 members (excludes halogenated alkanes) is 9. The first-order valence-corrected chi connectivity index (χ1v) is 16.3. The van der Waals surface area contributed by atoms with Gasteiger partial charge in [-0.05, 0) is 59.9 Å². The molecule has 0 aliphatic rings. The van der Waals surface area contributed by atoms with Crippen LogP contribution in [0.4, 0.5) is 0 Å². The van der Waals surface area contributed by atoms with Crippen LogP contribution in [0.25, 0.3) is 11.1 Å². The Bertz CT molecular complexity index is 1250. The molecule has 0 aromatic heterocycles. The lowest BCUT2D eigenvalue weighted by Crippen LogP contribution is -2.15. The molecule has 0 aliphatic carbocycles. The third kappa shape index (κ3) is 11.7. The number of hydrogen-bond donors (Lipinski definition) is 0. The van der Waals surface area contributed by atoms with Crippen molar-refractivity contribution in [2.45, 2.75) is 91.4 Å². The molecule has 0 saturated heterocycles. The first kappa shape index (κ1) is 34.2. The third-order valence-electron chi connectivity index (χ3n) is 7.65. The predicted molar refractivity (Wildman–Crippen MR) is 175 cm³/mol. The molecule has 3 rings (SSSR count). The summed E-state index contributed by atoms with van der Waals surface area (Å²) in [6.45, 7) is 7.27. The lowest BCUT2D eigenvalue weighted by atomic mass is 10.0. The molecule has 0 heterocycles. The maximum absolute atomic E-state index is 12.9. The summed E-state index contributed by atoms with van der Waals surface area (Å²) in [5.41, 5.74) is 2.40. The van der Waals surface area contributed by atoms with E-state index in [0.717, 1.165) is 36.3 Å². The standard InChI is InChI=1S/C37H47ClO5/c1-4-6-7-8-9-10-11-12-13-14-26-41-32-24-22-30(23-25-32)29-18-20-31(21-19-29)36(39)43-34-17-15-16-33(38)35(34)37(40)42-27-28(3)5-2/h15-25,28H,4-14,26-27H2,1-3H3/t28-/m0/s1. The average Bonchev–Trinajstić information content (AvgIpc) is 3.02. The van der Waals surface area contributed by atoms with Crippen LogP contribution in [0.15, 0.2) is 66.7 Å². The Morgan fingerprint density at radius 3 is 1.91 bits per heavy atom. The number of halogens is 1. The Labute approximate surface area is 262 Å². The highest BCUT2D eigenvalue weighted by molar-refractivity contribution is 6.34. The molecule has 0 radical (unpaired) electrons. The van der Waals surface area contributed by atoms with Gasteiger partial charge in [0.2, 0.25) is 0 Å². The van der Waals surface area contributed by atoms with Crippen LogP contribution in [0.3, 0.4) is 0 Å². The monoisotopic (exact) mass is 606 g/mol. The van der Waals surface area contributed by atoms with Gasteiger partial charge in [0.15, 0.2) is 0 Å². The van der Waals surface area contributed by atoms with Crippen molar-refractivity contribution in [1.82, 2.24) is 0 Å². The quantitative estimate of drug-likeness (QED) is 0.0771. The summed E-state index contributed by atoms with van der Waals surface area (Å²) < 4.78 is 16.9. The van der Waals surface area contributed by atoms with Gasteiger partial charge in [-0.2, -0.15) is 0 Å². The summed E-state index contributed by atoms with van der Waals surface area (Å²) in [5, 5.41) is 0.172. The number of esters is 2. The van der Waals surface area contributed by atoms with Crippen LogP contribution in [-0.4, -0.2) is 25.2 Å². The molecule has 5 nitrogen and oxygen atoms in total. The van der Waals surface area contributed by atoms with Crippen LogP contribution in [0.2, 0.25) is 5.02 Å². The van der Waals surface area contributed by atoms with E-state index >= 15 is 0 Å². The third-order valence-corrected chi connectivity index (χ3v) is 7.97. The van der Waals surface area contributed by atoms with Gasteiger partial charge in [-0.1, -0.05) is 127 Å². The van der Waals surface area contributed by atoms with Crippen LogP contribution >= 0.6 is 11.6 Å². The van der Waals surface area contributed by atoms with Crippen molar-refractivity contribution in [3.05, 3.63) is 82.9 Å². The van der Waals surface area contributed by atoms with E-state index in [-0.39, 0.29) is 28.9 Å². The second kappa shape index (κ2) is 19.1. The molecular formula is C37H47ClO5. The van der Waals surface area contributed by atoms with Gasteiger partial charge >= 0.3 is 11.9 Å². The van der Waals surface area contributed by atoms with Crippen LogP contribution in [0, 0.1) is 5.92 Å². The smallest absolute Gasteiger partial charge is 0.343 e. The minimum absolute atomic E-state index is 0.0490. The fourth-order valence-corrected chi connectivity index (χ4v) is 4.92. The lowest BCUT2D eigenvalue weighted by Gasteiger charge is -2.13. The number of carbonyl (C=O) groups is 2. The number of carbonyl (C=O) groups excluding carboxylic acids is 2. The topological polar surface area (TPSA) is 61.8 Å². The second-order valence-corrected chi connectivity index (χ2v) is 11.7. The maximum Gasteiger partial charge on any atom is 0.343 e. The van der Waals surface area contributed by atoms with Gasteiger partial charge in [-0.3, -0.25) is 0 Å². The minimum Gasteiger partial charge on any atom is -0.494 e. The molecule has 3 aromatic carbocycles. The maximum atomic E-state index is 12.9. The number of benzene rings is 3. The molecule has 1 atom stereocenters. The second-order valence-electron chi connectivity index (χ2n) is 11.2. The molecule has 0 saturated carbocycles. The molecule has 0 bridgehead atoms. The zero-order valence-electron chi connectivity index (χ0n) is 26.0. The summed E-state index contributed by atoms with van der Waals surface area (Å²) >= 11 is 6.28. The Hall–Kier alpha value is -3.31. The lowest BCUT2D eigenvalue weighted by molar-refractivity contribution is 0.0442. The van der Waals surface area contributed by atoms with E-state index in [1.807, 2.05) is 50.2 Å². The van der Waals surface area contributed by atoms with Gasteiger partial charge in [0.25, 0.3) is 0 Å². The molecule has 0 aliphatic heterocycles. The van der Waals surface area contributed by atoms with E-state index in [1.54, 1.807) is 24.3 Å². The molecule has 43 heavy (non-hydrogen) atoms. The molecule has 232 valence electrons. The molecule has 0 unspecified atom stereocenters. The van der Waals surface area contributed by atoms with E-state index in [1.165, 1.54) is 63.9 Å². The number of ether oxygens (including phenoxy) is 3. The number of hydrogen-bond acceptors (Lipinski definition) is 5. The van der Waals surface area contributed by atoms with Gasteiger partial charge < -0.3 is 14.2 Å². The fourth-order valence-electron chi connectivity index (χ4n) is 4.68. The van der Waals surface area contributed by atoms with Crippen molar-refractivity contribution in [3.63, 3.8) is 0 Å². The van der Waals surface area contributed by atoms with Crippen LogP contribution in [0.5, 0.6) is 11.5 Å². The van der Waals surface area contributed by atoms with Crippen molar-refractivity contribution < 1.29 is 23.8 Å². The Morgan fingerprint density at radius 2 is 1.30 bits per heavy atom. The molecule has 3 aromatic rings. The number of rotatable bonds is 19. The van der Waals surface area contributed by atoms with Crippen molar-refractivity contribution in [2.24, 2.45) is 5.92 Å². The van der Waals surface area contributed by atoms with Crippen molar-refractivity contribution in [1.29, 1.82) is 0 Å². The molecule has 0 amide bonds. The van der Waals surface area contributed by atoms with Crippen molar-refractivity contribution >= 4 is 23.5 Å². The summed E-state index contributed by atoms with van der Waals surface area (Å²) in [7, 11) is 0.